The highest BCUT2D eigenvalue weighted by Gasteiger charge is 2.27. The maximum Gasteiger partial charge on any atom is 0.238 e. The van der Waals surface area contributed by atoms with Crippen LogP contribution in [0.5, 0.6) is 0 Å². The molecular formula is C12H24N2O3S. The Labute approximate surface area is 110 Å². The van der Waals surface area contributed by atoms with Gasteiger partial charge in [0.15, 0.2) is 0 Å². The fourth-order valence-corrected chi connectivity index (χ4v) is 3.10. The second kappa shape index (κ2) is 6.52. The van der Waals surface area contributed by atoms with Crippen molar-refractivity contribution < 1.29 is 13.2 Å². The summed E-state index contributed by atoms with van der Waals surface area (Å²) in [7, 11) is -3.37. The SMILES string of the molecule is CC(C)[C@H](NS(C)(=O)=O)C(=O)NC1CCCCC1. The molecule has 0 unspecified atom stereocenters. The maximum absolute atomic E-state index is 12.1. The summed E-state index contributed by atoms with van der Waals surface area (Å²) in [4.78, 5) is 12.1. The molecule has 5 nitrogen and oxygen atoms in total. The molecule has 2 N–H and O–H groups in total. The molecule has 0 aromatic rings. The van der Waals surface area contributed by atoms with Crippen LogP contribution in [0.2, 0.25) is 0 Å². The number of carbonyl (C=O) groups is 1. The van der Waals surface area contributed by atoms with Gasteiger partial charge in [-0.2, -0.15) is 0 Å². The predicted molar refractivity (Wildman–Crippen MR) is 71.6 cm³/mol. The number of amides is 1. The first kappa shape index (κ1) is 15.4. The van der Waals surface area contributed by atoms with Crippen LogP contribution in [0.15, 0.2) is 0 Å². The van der Waals surface area contributed by atoms with E-state index in [1.54, 1.807) is 0 Å². The molecule has 0 saturated heterocycles. The van der Waals surface area contributed by atoms with Crippen molar-refractivity contribution in [2.45, 2.75) is 58.0 Å². The van der Waals surface area contributed by atoms with Crippen molar-refractivity contribution in [3.05, 3.63) is 0 Å². The number of hydrogen-bond donors (Lipinski definition) is 2. The molecular weight excluding hydrogens is 252 g/mol. The first-order valence-corrected chi connectivity index (χ1v) is 8.46. The zero-order valence-corrected chi connectivity index (χ0v) is 12.2. The molecule has 0 aromatic heterocycles. The monoisotopic (exact) mass is 276 g/mol. The third-order valence-corrected chi connectivity index (χ3v) is 3.92. The Morgan fingerprint density at radius 1 is 1.17 bits per heavy atom. The van der Waals surface area contributed by atoms with Crippen LogP contribution in [0.4, 0.5) is 0 Å². The van der Waals surface area contributed by atoms with Crippen molar-refractivity contribution >= 4 is 15.9 Å². The van der Waals surface area contributed by atoms with Crippen LogP contribution < -0.4 is 10.0 Å². The van der Waals surface area contributed by atoms with Crippen molar-refractivity contribution in [3.63, 3.8) is 0 Å². The first-order chi connectivity index (χ1) is 8.29. The minimum atomic E-state index is -3.37. The van der Waals surface area contributed by atoms with E-state index in [-0.39, 0.29) is 17.9 Å². The molecule has 1 fully saturated rings. The Hall–Kier alpha value is -0.620. The lowest BCUT2D eigenvalue weighted by Crippen LogP contribution is -2.52. The van der Waals surface area contributed by atoms with E-state index in [0.717, 1.165) is 31.9 Å². The van der Waals surface area contributed by atoms with E-state index in [2.05, 4.69) is 10.0 Å². The van der Waals surface area contributed by atoms with Crippen LogP contribution in [0, 0.1) is 5.92 Å². The molecule has 6 heteroatoms. The lowest BCUT2D eigenvalue weighted by atomic mass is 9.94. The number of carbonyl (C=O) groups excluding carboxylic acids is 1. The minimum Gasteiger partial charge on any atom is -0.352 e. The van der Waals surface area contributed by atoms with Gasteiger partial charge in [-0.3, -0.25) is 4.79 Å². The van der Waals surface area contributed by atoms with Crippen LogP contribution in [-0.2, 0) is 14.8 Å². The van der Waals surface area contributed by atoms with Crippen LogP contribution in [-0.4, -0.2) is 32.7 Å². The van der Waals surface area contributed by atoms with Gasteiger partial charge in [0.1, 0.15) is 6.04 Å². The second-order valence-corrected chi connectivity index (χ2v) is 7.24. The molecule has 18 heavy (non-hydrogen) atoms. The summed E-state index contributed by atoms with van der Waals surface area (Å²) in [5.41, 5.74) is 0. The number of sulfonamides is 1. The number of nitrogens with one attached hydrogen (secondary N) is 2. The average Bonchev–Trinajstić information content (AvgIpc) is 2.25. The van der Waals surface area contributed by atoms with Crippen molar-refractivity contribution in [1.29, 1.82) is 0 Å². The molecule has 1 aliphatic carbocycles. The summed E-state index contributed by atoms with van der Waals surface area (Å²) in [5, 5.41) is 2.96. The lowest BCUT2D eigenvalue weighted by Gasteiger charge is -2.27. The first-order valence-electron chi connectivity index (χ1n) is 6.57. The van der Waals surface area contributed by atoms with E-state index in [1.165, 1.54) is 6.42 Å². The Bertz CT molecular complexity index is 373. The van der Waals surface area contributed by atoms with E-state index >= 15 is 0 Å². The van der Waals surface area contributed by atoms with Crippen molar-refractivity contribution in [3.8, 4) is 0 Å². The largest absolute Gasteiger partial charge is 0.352 e. The van der Waals surface area contributed by atoms with E-state index in [4.69, 9.17) is 0 Å². The van der Waals surface area contributed by atoms with Gasteiger partial charge >= 0.3 is 0 Å². The zero-order chi connectivity index (χ0) is 13.8. The van der Waals surface area contributed by atoms with Crippen LogP contribution in [0.1, 0.15) is 46.0 Å². The van der Waals surface area contributed by atoms with Gasteiger partial charge in [0.05, 0.1) is 6.26 Å². The predicted octanol–water partition coefficient (Wildman–Crippen LogP) is 1.01. The van der Waals surface area contributed by atoms with Gasteiger partial charge in [0.2, 0.25) is 15.9 Å². The van der Waals surface area contributed by atoms with Gasteiger partial charge in [-0.1, -0.05) is 33.1 Å². The molecule has 1 aliphatic rings. The zero-order valence-electron chi connectivity index (χ0n) is 11.4. The van der Waals surface area contributed by atoms with Crippen LogP contribution in [0.25, 0.3) is 0 Å². The summed E-state index contributed by atoms with van der Waals surface area (Å²) >= 11 is 0. The summed E-state index contributed by atoms with van der Waals surface area (Å²) < 4.78 is 24.9. The second-order valence-electron chi connectivity index (χ2n) is 5.46. The molecule has 1 atom stereocenters. The van der Waals surface area contributed by atoms with Gasteiger partial charge in [0, 0.05) is 6.04 Å². The molecule has 0 aromatic carbocycles. The molecule has 106 valence electrons. The van der Waals surface area contributed by atoms with Crippen LogP contribution in [0.3, 0.4) is 0 Å². The van der Waals surface area contributed by atoms with Crippen molar-refractivity contribution in [2.75, 3.05) is 6.26 Å². The topological polar surface area (TPSA) is 75.3 Å². The summed E-state index contributed by atoms with van der Waals surface area (Å²) in [6.07, 6.45) is 6.57. The average molecular weight is 276 g/mol. The number of rotatable bonds is 5. The standard InChI is InChI=1S/C12H24N2O3S/c1-9(2)11(14-18(3,16)17)12(15)13-10-7-5-4-6-8-10/h9-11,14H,4-8H2,1-3H3,(H,13,15)/t11-/m0/s1. The van der Waals surface area contributed by atoms with Gasteiger partial charge in [-0.25, -0.2) is 13.1 Å². The molecule has 0 spiro atoms. The van der Waals surface area contributed by atoms with Gasteiger partial charge in [-0.15, -0.1) is 0 Å². The highest BCUT2D eigenvalue weighted by molar-refractivity contribution is 7.88. The Morgan fingerprint density at radius 2 is 1.72 bits per heavy atom. The van der Waals surface area contributed by atoms with E-state index < -0.39 is 16.1 Å². The van der Waals surface area contributed by atoms with Crippen molar-refractivity contribution in [1.82, 2.24) is 10.0 Å². The number of hydrogen-bond acceptors (Lipinski definition) is 3. The fraction of sp³-hybridized carbons (Fsp3) is 0.917. The van der Waals surface area contributed by atoms with Gasteiger partial charge < -0.3 is 5.32 Å². The van der Waals surface area contributed by atoms with Gasteiger partial charge in [-0.05, 0) is 18.8 Å². The Balaban J connectivity index is 2.59. The third kappa shape index (κ3) is 5.35. The molecule has 0 heterocycles. The van der Waals surface area contributed by atoms with Crippen molar-refractivity contribution in [2.24, 2.45) is 5.92 Å². The molecule has 0 bridgehead atoms. The van der Waals surface area contributed by atoms with Gasteiger partial charge in [0.25, 0.3) is 0 Å². The molecule has 1 saturated carbocycles. The maximum atomic E-state index is 12.1. The van der Waals surface area contributed by atoms with E-state index in [0.29, 0.717) is 0 Å². The molecule has 0 aliphatic heterocycles. The molecule has 0 radical (unpaired) electrons. The fourth-order valence-electron chi connectivity index (χ4n) is 2.26. The minimum absolute atomic E-state index is 0.0664. The molecule has 1 rings (SSSR count). The summed E-state index contributed by atoms with van der Waals surface area (Å²) in [5.74, 6) is -0.273. The van der Waals surface area contributed by atoms with E-state index in [1.807, 2.05) is 13.8 Å². The Kier molecular flexibility index (Phi) is 5.59. The highest BCUT2D eigenvalue weighted by Crippen LogP contribution is 2.17. The highest BCUT2D eigenvalue weighted by atomic mass is 32.2. The smallest absolute Gasteiger partial charge is 0.238 e. The van der Waals surface area contributed by atoms with E-state index in [9.17, 15) is 13.2 Å². The van der Waals surface area contributed by atoms with Crippen LogP contribution >= 0.6 is 0 Å². The quantitative estimate of drug-likeness (QED) is 0.787. The Morgan fingerprint density at radius 3 is 2.17 bits per heavy atom. The normalized spacial score (nSPS) is 19.8. The summed E-state index contributed by atoms with van der Waals surface area (Å²) in [6, 6.07) is -0.476. The molecule has 1 amide bonds. The summed E-state index contributed by atoms with van der Waals surface area (Å²) in [6.45, 7) is 3.67. The third-order valence-electron chi connectivity index (χ3n) is 3.24. The lowest BCUT2D eigenvalue weighted by molar-refractivity contribution is -0.124.